The molecule has 0 bridgehead atoms. The molecule has 1 aliphatic heterocycles. The first-order valence-electron chi connectivity index (χ1n) is 14.2. The third-order valence-electron chi connectivity index (χ3n) is 7.28. The van der Waals surface area contributed by atoms with E-state index in [0.717, 1.165) is 68.2 Å². The van der Waals surface area contributed by atoms with E-state index >= 15 is 0 Å². The molecule has 0 aliphatic carbocycles. The van der Waals surface area contributed by atoms with Gasteiger partial charge in [0.1, 0.15) is 5.82 Å². The molecular formula is C33H31F4N5O3. The molecule has 0 unspecified atom stereocenters. The molecule has 1 aliphatic rings. The van der Waals surface area contributed by atoms with Crippen molar-refractivity contribution >= 4 is 29.0 Å². The zero-order valence-corrected chi connectivity index (χ0v) is 24.4. The minimum absolute atomic E-state index is 0.220. The highest BCUT2D eigenvalue weighted by atomic mass is 19.4. The maximum absolute atomic E-state index is 14.3. The predicted molar refractivity (Wildman–Crippen MR) is 164 cm³/mol. The first kappa shape index (κ1) is 31.6. The van der Waals surface area contributed by atoms with Crippen LogP contribution in [0.2, 0.25) is 0 Å². The number of carbonyl (C=O) groups excluding carboxylic acids is 1. The second-order valence-electron chi connectivity index (χ2n) is 10.2. The number of carbonyl (C=O) groups is 1. The number of aromatic nitrogens is 2. The molecule has 1 fully saturated rings. The molecule has 0 radical (unpaired) electrons. The van der Waals surface area contributed by atoms with Crippen LogP contribution in [0.5, 0.6) is 0 Å². The highest BCUT2D eigenvalue weighted by Gasteiger charge is 2.29. The van der Waals surface area contributed by atoms with Gasteiger partial charge in [-0.15, -0.1) is 0 Å². The number of halogens is 4. The van der Waals surface area contributed by atoms with Crippen molar-refractivity contribution in [3.05, 3.63) is 95.9 Å². The molecular weight excluding hydrogens is 590 g/mol. The minimum atomic E-state index is -4.33. The van der Waals surface area contributed by atoms with Gasteiger partial charge in [-0.2, -0.15) is 18.2 Å². The van der Waals surface area contributed by atoms with Crippen LogP contribution >= 0.6 is 0 Å². The van der Waals surface area contributed by atoms with Crippen molar-refractivity contribution < 1.29 is 31.5 Å². The van der Waals surface area contributed by atoms with Crippen molar-refractivity contribution in [3.63, 3.8) is 0 Å². The van der Waals surface area contributed by atoms with Crippen LogP contribution in [-0.2, 0) is 22.1 Å². The lowest BCUT2D eigenvalue weighted by molar-refractivity contribution is -0.137. The molecule has 234 valence electrons. The molecule has 2 aromatic heterocycles. The van der Waals surface area contributed by atoms with Crippen molar-refractivity contribution in [2.75, 3.05) is 50.5 Å². The van der Waals surface area contributed by atoms with Crippen molar-refractivity contribution in [2.24, 2.45) is 0 Å². The highest BCUT2D eigenvalue weighted by molar-refractivity contribution is 5.79. The lowest BCUT2D eigenvalue weighted by Gasteiger charge is -2.26. The van der Waals surface area contributed by atoms with E-state index in [0.29, 0.717) is 28.9 Å². The standard InChI is InChI=1S/C25H25FN4O2.C8H6F3NO/c1-27-20-6-7-22(26)21(15-20)25-29-24-23(32-25)14-19(16-28-24)18-4-2-17(3-5-18)8-9-30-10-12-31-13-11-30;9-8(10,11)6-1-3-7(4-2-6)12-5-13/h2-7,14-16,27H,8-13H2,1H3;1-5H,(H,12,13). The SMILES string of the molecule is CNc1ccc(F)c(-c2nc3ncc(-c4ccc(CCN5CCOCC5)cc4)cc3o2)c1.O=CNc1ccc(C(F)(F)F)cc1. The average Bonchev–Trinajstić information content (AvgIpc) is 3.48. The van der Waals surface area contributed by atoms with Gasteiger partial charge in [0, 0.05) is 49.8 Å². The molecule has 3 heterocycles. The average molecular weight is 622 g/mol. The van der Waals surface area contributed by atoms with E-state index in [1.807, 2.05) is 6.07 Å². The molecule has 1 saturated heterocycles. The zero-order chi connectivity index (χ0) is 31.8. The summed E-state index contributed by atoms with van der Waals surface area (Å²) in [7, 11) is 1.78. The Morgan fingerprint density at radius 2 is 1.64 bits per heavy atom. The van der Waals surface area contributed by atoms with Crippen molar-refractivity contribution in [1.82, 2.24) is 14.9 Å². The number of fused-ring (bicyclic) bond motifs is 1. The number of nitrogens with one attached hydrogen (secondary N) is 2. The van der Waals surface area contributed by atoms with Gasteiger partial charge in [0.2, 0.25) is 12.3 Å². The van der Waals surface area contributed by atoms with Crippen LogP contribution in [0.15, 0.2) is 83.4 Å². The van der Waals surface area contributed by atoms with Gasteiger partial charge in [-0.05, 0) is 66.1 Å². The Bertz CT molecular complexity index is 1720. The van der Waals surface area contributed by atoms with Gasteiger partial charge in [0.05, 0.1) is 24.3 Å². The summed E-state index contributed by atoms with van der Waals surface area (Å²) in [6.07, 6.45) is -1.14. The molecule has 0 saturated carbocycles. The fourth-order valence-corrected chi connectivity index (χ4v) is 4.74. The molecule has 6 rings (SSSR count). The number of hydrogen-bond acceptors (Lipinski definition) is 7. The number of oxazole rings is 1. The number of ether oxygens (including phenoxy) is 1. The van der Waals surface area contributed by atoms with E-state index in [4.69, 9.17) is 9.15 Å². The lowest BCUT2D eigenvalue weighted by Crippen LogP contribution is -2.37. The summed E-state index contributed by atoms with van der Waals surface area (Å²) in [4.78, 5) is 21.2. The van der Waals surface area contributed by atoms with Crippen LogP contribution in [0.1, 0.15) is 11.1 Å². The predicted octanol–water partition coefficient (Wildman–Crippen LogP) is 6.89. The number of anilines is 2. The summed E-state index contributed by atoms with van der Waals surface area (Å²) in [6, 6.07) is 19.4. The quantitative estimate of drug-likeness (QED) is 0.144. The number of benzene rings is 3. The molecule has 0 spiro atoms. The summed E-state index contributed by atoms with van der Waals surface area (Å²) < 4.78 is 61.7. The number of hydrogen-bond donors (Lipinski definition) is 2. The third kappa shape index (κ3) is 8.22. The van der Waals surface area contributed by atoms with Crippen molar-refractivity contribution in [2.45, 2.75) is 12.6 Å². The van der Waals surface area contributed by atoms with Crippen molar-refractivity contribution in [1.29, 1.82) is 0 Å². The van der Waals surface area contributed by atoms with Gasteiger partial charge in [-0.25, -0.2) is 9.37 Å². The van der Waals surface area contributed by atoms with Crippen LogP contribution in [0.3, 0.4) is 0 Å². The van der Waals surface area contributed by atoms with E-state index in [2.05, 4.69) is 49.8 Å². The van der Waals surface area contributed by atoms with Crippen LogP contribution in [0, 0.1) is 5.82 Å². The Hall–Kier alpha value is -4.81. The molecule has 0 atom stereocenters. The maximum Gasteiger partial charge on any atom is 0.416 e. The second-order valence-corrected chi connectivity index (χ2v) is 10.2. The van der Waals surface area contributed by atoms with E-state index in [9.17, 15) is 22.4 Å². The van der Waals surface area contributed by atoms with Gasteiger partial charge in [-0.1, -0.05) is 24.3 Å². The summed E-state index contributed by atoms with van der Waals surface area (Å²) in [5.74, 6) is -0.166. The summed E-state index contributed by atoms with van der Waals surface area (Å²) in [5, 5.41) is 5.24. The van der Waals surface area contributed by atoms with Crippen LogP contribution in [0.25, 0.3) is 33.8 Å². The Morgan fingerprint density at radius 1 is 0.933 bits per heavy atom. The van der Waals surface area contributed by atoms with Gasteiger partial charge in [0.15, 0.2) is 11.2 Å². The van der Waals surface area contributed by atoms with Gasteiger partial charge >= 0.3 is 6.18 Å². The van der Waals surface area contributed by atoms with E-state index in [1.54, 1.807) is 25.4 Å². The first-order chi connectivity index (χ1) is 21.7. The lowest BCUT2D eigenvalue weighted by atomic mass is 10.0. The Kier molecular flexibility index (Phi) is 10.1. The monoisotopic (exact) mass is 621 g/mol. The molecule has 12 heteroatoms. The fourth-order valence-electron chi connectivity index (χ4n) is 4.74. The number of amides is 1. The summed E-state index contributed by atoms with van der Waals surface area (Å²) in [6.45, 7) is 4.71. The van der Waals surface area contributed by atoms with Gasteiger partial charge in [-0.3, -0.25) is 9.69 Å². The fraction of sp³-hybridized carbons (Fsp3) is 0.242. The topological polar surface area (TPSA) is 92.5 Å². The summed E-state index contributed by atoms with van der Waals surface area (Å²) in [5.41, 5.74) is 4.97. The first-order valence-corrected chi connectivity index (χ1v) is 14.2. The minimum Gasteiger partial charge on any atom is -0.434 e. The highest BCUT2D eigenvalue weighted by Crippen LogP contribution is 2.31. The second kappa shape index (κ2) is 14.3. The van der Waals surface area contributed by atoms with E-state index in [1.165, 1.54) is 23.8 Å². The smallest absolute Gasteiger partial charge is 0.416 e. The van der Waals surface area contributed by atoms with Gasteiger partial charge in [0.25, 0.3) is 0 Å². The number of nitrogens with zero attached hydrogens (tertiary/aromatic N) is 3. The Balaban J connectivity index is 0.000000259. The Labute approximate surface area is 257 Å². The summed E-state index contributed by atoms with van der Waals surface area (Å²) >= 11 is 0. The van der Waals surface area contributed by atoms with Gasteiger partial charge < -0.3 is 19.8 Å². The van der Waals surface area contributed by atoms with Crippen molar-refractivity contribution in [3.8, 4) is 22.6 Å². The van der Waals surface area contributed by atoms with E-state index < -0.39 is 11.7 Å². The number of alkyl halides is 3. The van der Waals surface area contributed by atoms with Crippen LogP contribution in [0.4, 0.5) is 28.9 Å². The number of pyridine rings is 1. The van der Waals surface area contributed by atoms with E-state index in [-0.39, 0.29) is 11.7 Å². The molecule has 1 amide bonds. The zero-order valence-electron chi connectivity index (χ0n) is 24.4. The number of rotatable bonds is 8. The maximum atomic E-state index is 14.3. The largest absolute Gasteiger partial charge is 0.434 e. The molecule has 8 nitrogen and oxygen atoms in total. The molecule has 3 aromatic carbocycles. The molecule has 2 N–H and O–H groups in total. The number of morpholine rings is 1. The van der Waals surface area contributed by atoms with Crippen LogP contribution < -0.4 is 10.6 Å². The molecule has 5 aromatic rings. The normalized spacial score (nSPS) is 13.6. The van der Waals surface area contributed by atoms with Crippen LogP contribution in [-0.4, -0.2) is 61.2 Å². The Morgan fingerprint density at radius 3 is 2.31 bits per heavy atom. The third-order valence-corrected chi connectivity index (χ3v) is 7.28. The molecule has 45 heavy (non-hydrogen) atoms.